The predicted octanol–water partition coefficient (Wildman–Crippen LogP) is 2.33. The summed E-state index contributed by atoms with van der Waals surface area (Å²) in [4.78, 5) is 2.39. The molecule has 0 bridgehead atoms. The third kappa shape index (κ3) is 3.10. The Hall–Kier alpha value is -1.08. The lowest BCUT2D eigenvalue weighted by molar-refractivity contribution is -0.169. The number of benzene rings is 1. The molecular weight excluding hydrogens is 317 g/mol. The van der Waals surface area contributed by atoms with Gasteiger partial charge in [0, 0.05) is 31.6 Å². The minimum atomic E-state index is -0.320. The van der Waals surface area contributed by atoms with E-state index in [1.807, 2.05) is 0 Å². The number of hydrogen-bond acceptors (Lipinski definition) is 5. The lowest BCUT2D eigenvalue weighted by Gasteiger charge is -2.38. The van der Waals surface area contributed by atoms with Crippen LogP contribution in [-0.2, 0) is 18.8 Å². The Bertz CT molecular complexity index is 599. The van der Waals surface area contributed by atoms with E-state index in [4.69, 9.17) is 18.8 Å². The molecule has 0 saturated carbocycles. The fraction of sp³-hybridized carbons (Fsp3) is 0.684. The normalized spacial score (nSPS) is 27.2. The Labute approximate surface area is 150 Å². The smallest absolute Gasteiger partial charge is 0.399 e. The molecule has 0 aromatic heterocycles. The molecule has 0 unspecified atom stereocenters. The van der Waals surface area contributed by atoms with E-state index in [0.717, 1.165) is 44.6 Å². The quantitative estimate of drug-likeness (QED) is 0.770. The molecule has 3 heterocycles. The van der Waals surface area contributed by atoms with Crippen LogP contribution in [0.2, 0.25) is 0 Å². The van der Waals surface area contributed by atoms with Gasteiger partial charge >= 0.3 is 7.12 Å². The van der Waals surface area contributed by atoms with Crippen LogP contribution >= 0.6 is 0 Å². The maximum atomic E-state index is 6.13. The second-order valence-corrected chi connectivity index (χ2v) is 8.27. The number of ether oxygens (including phenoxy) is 2. The lowest BCUT2D eigenvalue weighted by Crippen LogP contribution is -2.45. The molecule has 3 saturated heterocycles. The van der Waals surface area contributed by atoms with Crippen molar-refractivity contribution >= 4 is 18.3 Å². The lowest BCUT2D eigenvalue weighted by atomic mass is 9.79. The van der Waals surface area contributed by atoms with Crippen LogP contribution in [0.3, 0.4) is 0 Å². The highest BCUT2D eigenvalue weighted by Crippen LogP contribution is 2.37. The Morgan fingerprint density at radius 1 is 0.840 bits per heavy atom. The van der Waals surface area contributed by atoms with E-state index in [1.165, 1.54) is 5.69 Å². The Morgan fingerprint density at radius 2 is 1.36 bits per heavy atom. The molecule has 0 radical (unpaired) electrons. The fourth-order valence-corrected chi connectivity index (χ4v) is 3.71. The molecule has 1 aromatic rings. The van der Waals surface area contributed by atoms with E-state index >= 15 is 0 Å². The van der Waals surface area contributed by atoms with Gasteiger partial charge in [-0.2, -0.15) is 0 Å². The van der Waals surface area contributed by atoms with Gasteiger partial charge in [0.05, 0.1) is 24.4 Å². The summed E-state index contributed by atoms with van der Waals surface area (Å²) < 4.78 is 23.9. The van der Waals surface area contributed by atoms with Crippen molar-refractivity contribution in [1.82, 2.24) is 0 Å². The first-order valence-electron chi connectivity index (χ1n) is 9.29. The number of piperidine rings is 1. The second-order valence-electron chi connectivity index (χ2n) is 8.27. The molecule has 136 valence electrons. The molecule has 3 fully saturated rings. The Kier molecular flexibility index (Phi) is 4.15. The third-order valence-electron chi connectivity index (χ3n) is 6.12. The van der Waals surface area contributed by atoms with Crippen LogP contribution in [0.5, 0.6) is 0 Å². The second kappa shape index (κ2) is 5.98. The summed E-state index contributed by atoms with van der Waals surface area (Å²) in [5.41, 5.74) is 1.68. The number of rotatable bonds is 2. The topological polar surface area (TPSA) is 40.2 Å². The van der Waals surface area contributed by atoms with Gasteiger partial charge in [-0.15, -0.1) is 0 Å². The van der Waals surface area contributed by atoms with Crippen LogP contribution in [0.4, 0.5) is 5.69 Å². The van der Waals surface area contributed by atoms with Gasteiger partial charge < -0.3 is 23.7 Å². The largest absolute Gasteiger partial charge is 0.494 e. The van der Waals surface area contributed by atoms with Gasteiger partial charge in [0.1, 0.15) is 0 Å². The number of nitrogens with zero attached hydrogens (tertiary/aromatic N) is 1. The molecule has 1 aromatic carbocycles. The standard InChI is InChI=1S/C19H28BNO4/c1-17(2)18(3,4)25-20(24-17)15-5-7-16(8-6-15)21-11-9-19(10-12-21)22-13-14-23-19/h5-8H,9-14H2,1-4H3. The van der Waals surface area contributed by atoms with E-state index < -0.39 is 0 Å². The Morgan fingerprint density at radius 3 is 1.88 bits per heavy atom. The van der Waals surface area contributed by atoms with Gasteiger partial charge in [-0.3, -0.25) is 0 Å². The summed E-state index contributed by atoms with van der Waals surface area (Å²) in [7, 11) is -0.302. The van der Waals surface area contributed by atoms with Crippen molar-refractivity contribution < 1.29 is 18.8 Å². The highest BCUT2D eigenvalue weighted by molar-refractivity contribution is 6.62. The fourth-order valence-electron chi connectivity index (χ4n) is 3.71. The van der Waals surface area contributed by atoms with Crippen LogP contribution in [0.25, 0.3) is 0 Å². The van der Waals surface area contributed by atoms with Crippen LogP contribution in [0.1, 0.15) is 40.5 Å². The average Bonchev–Trinajstić information content (AvgIpc) is 3.11. The molecule has 5 nitrogen and oxygen atoms in total. The van der Waals surface area contributed by atoms with Crippen LogP contribution in [0.15, 0.2) is 24.3 Å². The van der Waals surface area contributed by atoms with Crippen molar-refractivity contribution in [3.05, 3.63) is 24.3 Å². The zero-order valence-electron chi connectivity index (χ0n) is 15.7. The molecule has 25 heavy (non-hydrogen) atoms. The highest BCUT2D eigenvalue weighted by Gasteiger charge is 2.51. The molecule has 3 aliphatic rings. The molecular formula is C19H28BNO4. The van der Waals surface area contributed by atoms with Gasteiger partial charge in [-0.25, -0.2) is 0 Å². The zero-order valence-corrected chi connectivity index (χ0v) is 15.7. The predicted molar refractivity (Wildman–Crippen MR) is 98.2 cm³/mol. The van der Waals surface area contributed by atoms with Crippen molar-refractivity contribution in [2.45, 2.75) is 57.5 Å². The van der Waals surface area contributed by atoms with Crippen molar-refractivity contribution in [2.75, 3.05) is 31.2 Å². The maximum Gasteiger partial charge on any atom is 0.494 e. The molecule has 0 atom stereocenters. The van der Waals surface area contributed by atoms with Gasteiger partial charge in [-0.05, 0) is 45.3 Å². The monoisotopic (exact) mass is 345 g/mol. The third-order valence-corrected chi connectivity index (χ3v) is 6.12. The summed E-state index contributed by atoms with van der Waals surface area (Å²) in [6.45, 7) is 11.7. The zero-order chi connectivity index (χ0) is 17.7. The van der Waals surface area contributed by atoms with Crippen molar-refractivity contribution in [2.24, 2.45) is 0 Å². The molecule has 0 amide bonds. The first-order valence-corrected chi connectivity index (χ1v) is 9.29. The van der Waals surface area contributed by atoms with Crippen LogP contribution < -0.4 is 10.4 Å². The number of anilines is 1. The van der Waals surface area contributed by atoms with E-state index in [2.05, 4.69) is 56.9 Å². The number of hydrogen-bond donors (Lipinski definition) is 0. The van der Waals surface area contributed by atoms with Crippen LogP contribution in [0, 0.1) is 0 Å². The van der Waals surface area contributed by atoms with Gasteiger partial charge in [-0.1, -0.05) is 12.1 Å². The Balaban J connectivity index is 1.41. The summed E-state index contributed by atoms with van der Waals surface area (Å²) >= 11 is 0. The van der Waals surface area contributed by atoms with Crippen LogP contribution in [-0.4, -0.2) is 50.4 Å². The average molecular weight is 345 g/mol. The first-order chi connectivity index (χ1) is 11.8. The van der Waals surface area contributed by atoms with Crippen molar-refractivity contribution in [1.29, 1.82) is 0 Å². The molecule has 6 heteroatoms. The summed E-state index contributed by atoms with van der Waals surface area (Å²) in [6.07, 6.45) is 1.85. The van der Waals surface area contributed by atoms with Gasteiger partial charge in [0.15, 0.2) is 5.79 Å². The summed E-state index contributed by atoms with van der Waals surface area (Å²) in [5.74, 6) is -0.320. The molecule has 3 aliphatic heterocycles. The van der Waals surface area contributed by atoms with Crippen molar-refractivity contribution in [3.8, 4) is 0 Å². The summed E-state index contributed by atoms with van der Waals surface area (Å²) in [5, 5.41) is 0. The van der Waals surface area contributed by atoms with Gasteiger partial charge in [0.2, 0.25) is 0 Å². The van der Waals surface area contributed by atoms with E-state index in [9.17, 15) is 0 Å². The first kappa shape index (κ1) is 17.3. The van der Waals surface area contributed by atoms with E-state index in [1.54, 1.807) is 0 Å². The molecule has 1 spiro atoms. The van der Waals surface area contributed by atoms with Gasteiger partial charge in [0.25, 0.3) is 0 Å². The minimum Gasteiger partial charge on any atom is -0.399 e. The van der Waals surface area contributed by atoms with Crippen molar-refractivity contribution in [3.63, 3.8) is 0 Å². The highest BCUT2D eigenvalue weighted by atomic mass is 16.7. The van der Waals surface area contributed by atoms with E-state index in [0.29, 0.717) is 0 Å². The molecule has 0 aliphatic carbocycles. The van der Waals surface area contributed by atoms with E-state index in [-0.39, 0.29) is 24.1 Å². The SMILES string of the molecule is CC1(C)OB(c2ccc(N3CCC4(CC3)OCCO4)cc2)OC1(C)C. The molecule has 0 N–H and O–H groups in total. The summed E-state index contributed by atoms with van der Waals surface area (Å²) in [6, 6.07) is 8.55. The molecule has 4 rings (SSSR count). The minimum absolute atomic E-state index is 0.302. The maximum absolute atomic E-state index is 6.13.